The van der Waals surface area contributed by atoms with Crippen LogP contribution in [0.4, 0.5) is 5.69 Å². The Labute approximate surface area is 221 Å². The minimum Gasteiger partial charge on any atom is -0.465 e. The fourth-order valence-corrected chi connectivity index (χ4v) is 5.88. The molecule has 2 aromatic carbocycles. The summed E-state index contributed by atoms with van der Waals surface area (Å²) in [5.74, 6) is 0.870. The molecule has 37 heavy (non-hydrogen) atoms. The molecular formula is C30H30N2O4S. The number of esters is 1. The number of furan rings is 1. The van der Waals surface area contributed by atoms with Crippen LogP contribution in [0.2, 0.25) is 0 Å². The van der Waals surface area contributed by atoms with Gasteiger partial charge in [-0.25, -0.2) is 9.79 Å². The molecule has 0 atom stereocenters. The summed E-state index contributed by atoms with van der Waals surface area (Å²) in [6.45, 7) is 2.12. The van der Waals surface area contributed by atoms with Gasteiger partial charge < -0.3 is 9.15 Å². The number of benzene rings is 2. The van der Waals surface area contributed by atoms with Gasteiger partial charge in [-0.3, -0.25) is 9.69 Å². The summed E-state index contributed by atoms with van der Waals surface area (Å²) in [5.41, 5.74) is 3.40. The van der Waals surface area contributed by atoms with Crippen LogP contribution in [0.15, 0.2) is 75.0 Å². The summed E-state index contributed by atoms with van der Waals surface area (Å²) >= 11 is 1.42. The van der Waals surface area contributed by atoms with Crippen molar-refractivity contribution >= 4 is 40.6 Å². The molecule has 1 aromatic heterocycles. The minimum absolute atomic E-state index is 0.00925. The number of nitrogens with zero attached hydrogens (tertiary/aromatic N) is 2. The first-order valence-corrected chi connectivity index (χ1v) is 13.6. The zero-order valence-electron chi connectivity index (χ0n) is 21.1. The SMILES string of the molecule is CCc1ccccc1N=C1S/C(=C/c2ccc(-c3ccc(C(=O)OC)cc3)o2)C(=O)N1C1CCCCC1. The first-order valence-electron chi connectivity index (χ1n) is 12.8. The summed E-state index contributed by atoms with van der Waals surface area (Å²) < 4.78 is 10.8. The Hall–Kier alpha value is -3.58. The van der Waals surface area contributed by atoms with Gasteiger partial charge in [0.15, 0.2) is 5.17 Å². The van der Waals surface area contributed by atoms with E-state index in [2.05, 4.69) is 13.0 Å². The molecular weight excluding hydrogens is 484 g/mol. The second-order valence-corrected chi connectivity index (χ2v) is 10.2. The van der Waals surface area contributed by atoms with Crippen molar-refractivity contribution in [3.05, 3.63) is 82.5 Å². The molecule has 1 aliphatic heterocycles. The Balaban J connectivity index is 1.44. The molecule has 0 spiro atoms. The van der Waals surface area contributed by atoms with Crippen LogP contribution in [0.25, 0.3) is 17.4 Å². The van der Waals surface area contributed by atoms with Gasteiger partial charge in [0, 0.05) is 17.7 Å². The van der Waals surface area contributed by atoms with Crippen LogP contribution in [-0.2, 0) is 16.0 Å². The van der Waals surface area contributed by atoms with E-state index in [1.807, 2.05) is 53.4 Å². The first-order chi connectivity index (χ1) is 18.1. The number of hydrogen-bond acceptors (Lipinski definition) is 6. The maximum absolute atomic E-state index is 13.6. The van der Waals surface area contributed by atoms with Crippen molar-refractivity contribution in [1.29, 1.82) is 0 Å². The van der Waals surface area contributed by atoms with Crippen LogP contribution < -0.4 is 0 Å². The number of thioether (sulfide) groups is 1. The lowest BCUT2D eigenvalue weighted by atomic mass is 9.94. The van der Waals surface area contributed by atoms with Crippen molar-refractivity contribution in [2.75, 3.05) is 7.11 Å². The molecule has 0 bridgehead atoms. The number of hydrogen-bond donors (Lipinski definition) is 0. The van der Waals surface area contributed by atoms with Gasteiger partial charge in [0.2, 0.25) is 0 Å². The molecule has 1 amide bonds. The number of aliphatic imine (C=N–C) groups is 1. The molecule has 0 unspecified atom stereocenters. The molecule has 2 fully saturated rings. The molecule has 3 aromatic rings. The predicted octanol–water partition coefficient (Wildman–Crippen LogP) is 7.23. The zero-order chi connectivity index (χ0) is 25.8. The van der Waals surface area contributed by atoms with Crippen molar-refractivity contribution in [2.24, 2.45) is 4.99 Å². The standard InChI is InChI=1S/C30H30N2O4S/c1-3-20-9-7-8-12-25(20)31-30-32(23-10-5-4-6-11-23)28(33)27(37-30)19-24-17-18-26(36-24)21-13-15-22(16-14-21)29(34)35-2/h7-9,12-19,23H,3-6,10-11H2,1-2H3/b27-19+,31-30?. The van der Waals surface area contributed by atoms with Gasteiger partial charge in [0.25, 0.3) is 5.91 Å². The Kier molecular flexibility index (Phi) is 7.60. The van der Waals surface area contributed by atoms with Crippen molar-refractivity contribution in [3.63, 3.8) is 0 Å². The van der Waals surface area contributed by atoms with Crippen LogP contribution in [0.1, 0.15) is 60.7 Å². The normalized spacial score (nSPS) is 18.6. The van der Waals surface area contributed by atoms with Crippen LogP contribution >= 0.6 is 11.8 Å². The second kappa shape index (κ2) is 11.2. The molecule has 190 valence electrons. The lowest BCUT2D eigenvalue weighted by Gasteiger charge is -2.30. The third-order valence-corrected chi connectivity index (χ3v) is 7.84. The van der Waals surface area contributed by atoms with Gasteiger partial charge in [-0.15, -0.1) is 0 Å². The van der Waals surface area contributed by atoms with Gasteiger partial charge in [0.1, 0.15) is 11.5 Å². The summed E-state index contributed by atoms with van der Waals surface area (Å²) in [6, 6.07) is 19.1. The lowest BCUT2D eigenvalue weighted by molar-refractivity contribution is -0.124. The number of rotatable bonds is 6. The molecule has 2 aliphatic rings. The smallest absolute Gasteiger partial charge is 0.337 e. The van der Waals surface area contributed by atoms with E-state index < -0.39 is 0 Å². The average Bonchev–Trinajstić information content (AvgIpc) is 3.53. The van der Waals surface area contributed by atoms with E-state index in [1.54, 1.807) is 12.1 Å². The van der Waals surface area contributed by atoms with Crippen molar-refractivity contribution in [3.8, 4) is 11.3 Å². The highest BCUT2D eigenvalue weighted by Gasteiger charge is 2.39. The van der Waals surface area contributed by atoms with E-state index in [0.717, 1.165) is 54.1 Å². The number of carbonyl (C=O) groups excluding carboxylic acids is 2. The molecule has 5 rings (SSSR count). The number of methoxy groups -OCH3 is 1. The number of amides is 1. The summed E-state index contributed by atoms with van der Waals surface area (Å²) in [5, 5.41) is 0.745. The maximum atomic E-state index is 13.6. The van der Waals surface area contributed by atoms with Crippen molar-refractivity contribution in [2.45, 2.75) is 51.5 Å². The zero-order valence-corrected chi connectivity index (χ0v) is 21.9. The second-order valence-electron chi connectivity index (χ2n) is 9.23. The quantitative estimate of drug-likeness (QED) is 0.256. The number of aryl methyl sites for hydroxylation is 1. The monoisotopic (exact) mass is 514 g/mol. The highest BCUT2D eigenvalue weighted by Crippen LogP contribution is 2.39. The van der Waals surface area contributed by atoms with Crippen molar-refractivity contribution in [1.82, 2.24) is 4.90 Å². The Morgan fingerprint density at radius 1 is 1.08 bits per heavy atom. The molecule has 2 heterocycles. The fourth-order valence-electron chi connectivity index (χ4n) is 4.85. The molecule has 1 saturated carbocycles. The van der Waals surface area contributed by atoms with Gasteiger partial charge in [-0.1, -0.05) is 56.5 Å². The Morgan fingerprint density at radius 2 is 1.84 bits per heavy atom. The fraction of sp³-hybridized carbons (Fsp3) is 0.300. The van der Waals surface area contributed by atoms with E-state index >= 15 is 0 Å². The number of para-hydroxylation sites is 1. The topological polar surface area (TPSA) is 72.1 Å². The van der Waals surface area contributed by atoms with Crippen LogP contribution in [0.3, 0.4) is 0 Å². The van der Waals surface area contributed by atoms with E-state index in [0.29, 0.717) is 22.0 Å². The predicted molar refractivity (Wildman–Crippen MR) is 148 cm³/mol. The third kappa shape index (κ3) is 5.42. The minimum atomic E-state index is -0.380. The number of carbonyl (C=O) groups is 2. The van der Waals surface area contributed by atoms with Gasteiger partial charge >= 0.3 is 5.97 Å². The van der Waals surface area contributed by atoms with Crippen LogP contribution in [0.5, 0.6) is 0 Å². The van der Waals surface area contributed by atoms with Gasteiger partial charge in [0.05, 0.1) is 23.3 Å². The molecule has 1 saturated heterocycles. The number of ether oxygens (including phenoxy) is 1. The summed E-state index contributed by atoms with van der Waals surface area (Å²) in [6.07, 6.45) is 8.17. The third-order valence-electron chi connectivity index (χ3n) is 6.86. The number of amidine groups is 1. The molecule has 7 heteroatoms. The first kappa shape index (κ1) is 25.1. The molecule has 1 aliphatic carbocycles. The average molecular weight is 515 g/mol. The van der Waals surface area contributed by atoms with E-state index in [-0.39, 0.29) is 17.9 Å². The van der Waals surface area contributed by atoms with Crippen LogP contribution in [0, 0.1) is 0 Å². The summed E-state index contributed by atoms with van der Waals surface area (Å²) in [4.78, 5) is 32.9. The Bertz CT molecular complexity index is 1350. The van der Waals surface area contributed by atoms with E-state index in [9.17, 15) is 9.59 Å². The van der Waals surface area contributed by atoms with Gasteiger partial charge in [-0.05, 0) is 66.9 Å². The van der Waals surface area contributed by atoms with Crippen molar-refractivity contribution < 1.29 is 18.7 Å². The summed E-state index contributed by atoms with van der Waals surface area (Å²) in [7, 11) is 1.36. The maximum Gasteiger partial charge on any atom is 0.337 e. The highest BCUT2D eigenvalue weighted by atomic mass is 32.2. The van der Waals surface area contributed by atoms with E-state index in [4.69, 9.17) is 14.1 Å². The van der Waals surface area contributed by atoms with Gasteiger partial charge in [-0.2, -0.15) is 0 Å². The molecule has 0 N–H and O–H groups in total. The Morgan fingerprint density at radius 3 is 2.57 bits per heavy atom. The molecule has 0 radical (unpaired) electrons. The van der Waals surface area contributed by atoms with E-state index in [1.165, 1.54) is 25.3 Å². The molecule has 6 nitrogen and oxygen atoms in total. The highest BCUT2D eigenvalue weighted by molar-refractivity contribution is 8.18. The lowest BCUT2D eigenvalue weighted by Crippen LogP contribution is -2.40. The van der Waals surface area contributed by atoms with Crippen LogP contribution in [-0.4, -0.2) is 35.1 Å². The largest absolute Gasteiger partial charge is 0.465 e.